The van der Waals surface area contributed by atoms with Crippen LogP contribution in [0.1, 0.15) is 27.2 Å². The van der Waals surface area contributed by atoms with Crippen LogP contribution in [0.2, 0.25) is 0 Å². The number of alkyl halides is 9. The number of ketones is 1. The molecule has 2 aromatic rings. The fraction of sp³-hybridized carbons (Fsp3) is 0.167. The Kier molecular flexibility index (Phi) is 6.34. The maximum atomic E-state index is 12.8. The van der Waals surface area contributed by atoms with Crippen molar-refractivity contribution in [3.8, 4) is 6.07 Å². The van der Waals surface area contributed by atoms with E-state index in [9.17, 15) is 44.3 Å². The van der Waals surface area contributed by atoms with Crippen LogP contribution < -0.4 is 5.32 Å². The van der Waals surface area contributed by atoms with E-state index in [2.05, 4.69) is 4.98 Å². The second-order valence-corrected chi connectivity index (χ2v) is 5.84. The number of carbonyl (C=O) groups excluding carboxylic acids is 1. The Labute approximate surface area is 167 Å². The lowest BCUT2D eigenvalue weighted by molar-refractivity contribution is -0.145. The van der Waals surface area contributed by atoms with E-state index in [1.807, 2.05) is 5.32 Å². The number of nitriles is 1. The van der Waals surface area contributed by atoms with E-state index in [1.54, 1.807) is 0 Å². The van der Waals surface area contributed by atoms with Gasteiger partial charge in [0.15, 0.2) is 0 Å². The molecule has 0 saturated heterocycles. The van der Waals surface area contributed by atoms with E-state index in [0.717, 1.165) is 12.1 Å². The molecule has 2 rings (SSSR count). The van der Waals surface area contributed by atoms with Crippen molar-refractivity contribution in [3.05, 3.63) is 70.6 Å². The fourth-order valence-corrected chi connectivity index (χ4v) is 2.20. The van der Waals surface area contributed by atoms with E-state index in [1.165, 1.54) is 6.07 Å². The Morgan fingerprint density at radius 3 is 2.03 bits per heavy atom. The molecule has 0 amide bonds. The summed E-state index contributed by atoms with van der Waals surface area (Å²) in [5.41, 5.74) is -6.24. The average molecular weight is 453 g/mol. The number of halogens is 9. The lowest BCUT2D eigenvalue weighted by Crippen LogP contribution is -2.14. The molecule has 0 fully saturated rings. The number of allylic oxidation sites excluding steroid dienone is 1. The van der Waals surface area contributed by atoms with Gasteiger partial charge in [-0.25, -0.2) is 4.98 Å². The van der Waals surface area contributed by atoms with Crippen molar-refractivity contribution < 1.29 is 44.3 Å². The largest absolute Gasteiger partial charge is 0.433 e. The van der Waals surface area contributed by atoms with Gasteiger partial charge < -0.3 is 5.32 Å². The fourth-order valence-electron chi connectivity index (χ4n) is 2.20. The standard InChI is InChI=1S/C18H8F9N3O/c19-16(20,21)11-3-1-2-9(4-11)15(31)10(7-28)8-29-14-6-12(17(22,23)24)5-13(30-14)18(25,26)27/h1-6,8H,(H,29,30). The van der Waals surface area contributed by atoms with Crippen LogP contribution in [0.25, 0.3) is 0 Å². The molecule has 0 aliphatic heterocycles. The summed E-state index contributed by atoms with van der Waals surface area (Å²) in [7, 11) is 0. The molecule has 1 aromatic heterocycles. The molecule has 0 saturated carbocycles. The van der Waals surface area contributed by atoms with Crippen LogP contribution in [0.5, 0.6) is 0 Å². The van der Waals surface area contributed by atoms with E-state index < -0.39 is 58.1 Å². The summed E-state index contributed by atoms with van der Waals surface area (Å²) in [5.74, 6) is -2.24. The smallest absolute Gasteiger partial charge is 0.345 e. The second kappa shape index (κ2) is 8.29. The average Bonchev–Trinajstić information content (AvgIpc) is 2.66. The number of anilines is 1. The highest BCUT2D eigenvalue weighted by molar-refractivity contribution is 6.11. The molecule has 1 aromatic carbocycles. The lowest BCUT2D eigenvalue weighted by Gasteiger charge is -2.13. The predicted octanol–water partition coefficient (Wildman–Crippen LogP) is 5.84. The van der Waals surface area contributed by atoms with Crippen molar-refractivity contribution in [3.63, 3.8) is 0 Å². The molecule has 0 aliphatic carbocycles. The summed E-state index contributed by atoms with van der Waals surface area (Å²) in [4.78, 5) is 15.2. The SMILES string of the molecule is N#CC(=CNc1cc(C(F)(F)F)cc(C(F)(F)F)n1)C(=O)c1cccc(C(F)(F)F)c1. The summed E-state index contributed by atoms with van der Waals surface area (Å²) in [6, 6.07) is 4.24. The van der Waals surface area contributed by atoms with Gasteiger partial charge in [-0.1, -0.05) is 12.1 Å². The molecule has 0 unspecified atom stereocenters. The molecule has 13 heteroatoms. The van der Waals surface area contributed by atoms with Gasteiger partial charge in [-0.05, 0) is 24.3 Å². The van der Waals surface area contributed by atoms with Crippen molar-refractivity contribution in [2.45, 2.75) is 18.5 Å². The second-order valence-electron chi connectivity index (χ2n) is 5.84. The number of aromatic nitrogens is 1. The molecule has 164 valence electrons. The Balaban J connectivity index is 2.41. The minimum atomic E-state index is -5.23. The van der Waals surface area contributed by atoms with Gasteiger partial charge in [-0.15, -0.1) is 0 Å². The van der Waals surface area contributed by atoms with Crippen LogP contribution in [0.4, 0.5) is 45.3 Å². The number of nitrogens with zero attached hydrogens (tertiary/aromatic N) is 2. The number of hydrogen-bond donors (Lipinski definition) is 1. The number of Topliss-reactive ketones (excluding diaryl/α,β-unsaturated/α-hetero) is 1. The van der Waals surface area contributed by atoms with Crippen molar-refractivity contribution in [2.24, 2.45) is 0 Å². The van der Waals surface area contributed by atoms with Gasteiger partial charge in [0.05, 0.1) is 11.1 Å². The molecule has 31 heavy (non-hydrogen) atoms. The zero-order chi connectivity index (χ0) is 23.6. The topological polar surface area (TPSA) is 65.8 Å². The number of pyridine rings is 1. The first kappa shape index (κ1) is 23.7. The van der Waals surface area contributed by atoms with Crippen molar-refractivity contribution in [1.29, 1.82) is 5.26 Å². The van der Waals surface area contributed by atoms with E-state index in [0.29, 0.717) is 18.3 Å². The van der Waals surface area contributed by atoms with Gasteiger partial charge in [0, 0.05) is 11.8 Å². The number of nitrogens with one attached hydrogen (secondary N) is 1. The van der Waals surface area contributed by atoms with Crippen molar-refractivity contribution >= 4 is 11.6 Å². The maximum Gasteiger partial charge on any atom is 0.433 e. The van der Waals surface area contributed by atoms with Crippen LogP contribution >= 0.6 is 0 Å². The molecule has 0 bridgehead atoms. The quantitative estimate of drug-likeness (QED) is 0.274. The lowest BCUT2D eigenvalue weighted by atomic mass is 10.0. The summed E-state index contributed by atoms with van der Waals surface area (Å²) in [5, 5.41) is 10.9. The number of carbonyl (C=O) groups is 1. The minimum absolute atomic E-state index is 0.204. The summed E-state index contributed by atoms with van der Waals surface area (Å²) < 4.78 is 115. The van der Waals surface area contributed by atoms with Crippen LogP contribution in [0.3, 0.4) is 0 Å². The molecule has 4 nitrogen and oxygen atoms in total. The molecule has 1 heterocycles. The molecule has 0 spiro atoms. The van der Waals surface area contributed by atoms with E-state index in [-0.39, 0.29) is 12.1 Å². The first-order valence-corrected chi connectivity index (χ1v) is 7.88. The first-order valence-electron chi connectivity index (χ1n) is 7.88. The highest BCUT2D eigenvalue weighted by atomic mass is 19.4. The van der Waals surface area contributed by atoms with Crippen molar-refractivity contribution in [1.82, 2.24) is 4.98 Å². The predicted molar refractivity (Wildman–Crippen MR) is 87.3 cm³/mol. The molecule has 0 atom stereocenters. The van der Waals surface area contributed by atoms with Gasteiger partial charge in [0.25, 0.3) is 0 Å². The molecule has 0 radical (unpaired) electrons. The monoisotopic (exact) mass is 453 g/mol. The molecular formula is C18H8F9N3O. The van der Waals surface area contributed by atoms with Crippen LogP contribution in [-0.4, -0.2) is 10.8 Å². The maximum absolute atomic E-state index is 12.8. The van der Waals surface area contributed by atoms with Crippen molar-refractivity contribution in [2.75, 3.05) is 5.32 Å². The molecular weight excluding hydrogens is 445 g/mol. The van der Waals surface area contributed by atoms with Crippen LogP contribution in [-0.2, 0) is 18.5 Å². The summed E-state index contributed by atoms with van der Waals surface area (Å²) >= 11 is 0. The van der Waals surface area contributed by atoms with Gasteiger partial charge in [-0.3, -0.25) is 4.79 Å². The number of benzene rings is 1. The van der Waals surface area contributed by atoms with Gasteiger partial charge in [0.2, 0.25) is 5.78 Å². The third kappa shape index (κ3) is 5.97. The minimum Gasteiger partial charge on any atom is -0.345 e. The zero-order valence-electron chi connectivity index (χ0n) is 14.7. The van der Waals surface area contributed by atoms with Crippen LogP contribution in [0.15, 0.2) is 48.2 Å². The molecule has 1 N–H and O–H groups in total. The highest BCUT2D eigenvalue weighted by Crippen LogP contribution is 2.36. The summed E-state index contributed by atoms with van der Waals surface area (Å²) in [6.07, 6.45) is -14.7. The first-order chi connectivity index (χ1) is 14.1. The van der Waals surface area contributed by atoms with E-state index >= 15 is 0 Å². The van der Waals surface area contributed by atoms with Gasteiger partial charge >= 0.3 is 18.5 Å². The highest BCUT2D eigenvalue weighted by Gasteiger charge is 2.38. The van der Waals surface area contributed by atoms with Gasteiger partial charge in [0.1, 0.15) is 23.2 Å². The third-order valence-electron chi connectivity index (χ3n) is 3.62. The Morgan fingerprint density at radius 2 is 1.52 bits per heavy atom. The summed E-state index contributed by atoms with van der Waals surface area (Å²) in [6.45, 7) is 0. The number of rotatable bonds is 4. The third-order valence-corrected chi connectivity index (χ3v) is 3.62. The number of hydrogen-bond acceptors (Lipinski definition) is 4. The Hall–Kier alpha value is -3.56. The molecule has 0 aliphatic rings. The van der Waals surface area contributed by atoms with E-state index in [4.69, 9.17) is 5.26 Å². The van der Waals surface area contributed by atoms with Gasteiger partial charge in [-0.2, -0.15) is 44.8 Å². The van der Waals surface area contributed by atoms with Crippen LogP contribution in [0, 0.1) is 11.3 Å². The zero-order valence-corrected chi connectivity index (χ0v) is 14.7. The normalized spacial score (nSPS) is 13.0. The Bertz CT molecular complexity index is 1030. The Morgan fingerprint density at radius 1 is 0.903 bits per heavy atom.